The molecule has 0 radical (unpaired) electrons. The van der Waals surface area contributed by atoms with Gasteiger partial charge in [0.2, 0.25) is 11.5 Å². The van der Waals surface area contributed by atoms with E-state index < -0.39 is 38.5 Å². The lowest BCUT2D eigenvalue weighted by atomic mass is 10.1. The topological polar surface area (TPSA) is 72.0 Å². The summed E-state index contributed by atoms with van der Waals surface area (Å²) < 4.78 is 77.8. The number of rotatable bonds is 5. The SMILES string of the molecule is CS(=O)(=O)C(F)c1cccc(Nc2ncc(F)c(-c3ccc(F)cc3F)n2)c1. The van der Waals surface area contributed by atoms with Gasteiger partial charge in [0.1, 0.15) is 17.3 Å². The Labute approximate surface area is 158 Å². The van der Waals surface area contributed by atoms with E-state index in [2.05, 4.69) is 15.3 Å². The van der Waals surface area contributed by atoms with E-state index in [-0.39, 0.29) is 22.8 Å². The van der Waals surface area contributed by atoms with Crippen LogP contribution in [0.3, 0.4) is 0 Å². The summed E-state index contributed by atoms with van der Waals surface area (Å²) in [5.41, 5.74) is -2.75. The highest BCUT2D eigenvalue weighted by Crippen LogP contribution is 2.28. The Hall–Kier alpha value is -3.01. The highest BCUT2D eigenvalue weighted by atomic mass is 32.2. The number of halogens is 4. The number of hydrogen-bond acceptors (Lipinski definition) is 5. The number of nitrogens with one attached hydrogen (secondary N) is 1. The van der Waals surface area contributed by atoms with Gasteiger partial charge in [-0.05, 0) is 24.3 Å². The molecule has 1 unspecified atom stereocenters. The van der Waals surface area contributed by atoms with Crippen LogP contribution in [0.25, 0.3) is 11.3 Å². The summed E-state index contributed by atoms with van der Waals surface area (Å²) in [7, 11) is -3.95. The van der Waals surface area contributed by atoms with Gasteiger partial charge in [-0.3, -0.25) is 0 Å². The highest BCUT2D eigenvalue weighted by Gasteiger charge is 2.22. The first-order valence-corrected chi connectivity index (χ1v) is 9.78. The number of nitrogens with zero attached hydrogens (tertiary/aromatic N) is 2. The van der Waals surface area contributed by atoms with Gasteiger partial charge in [-0.15, -0.1) is 0 Å². The van der Waals surface area contributed by atoms with Crippen molar-refractivity contribution in [2.45, 2.75) is 5.50 Å². The third-order valence-corrected chi connectivity index (χ3v) is 4.74. The fourth-order valence-corrected chi connectivity index (χ4v) is 3.07. The van der Waals surface area contributed by atoms with E-state index in [4.69, 9.17) is 0 Å². The summed E-state index contributed by atoms with van der Waals surface area (Å²) in [6, 6.07) is 8.03. The Morgan fingerprint density at radius 2 is 1.79 bits per heavy atom. The second kappa shape index (κ2) is 7.55. The molecule has 0 saturated carbocycles. The van der Waals surface area contributed by atoms with E-state index in [0.29, 0.717) is 6.07 Å². The second-order valence-corrected chi connectivity index (χ2v) is 7.98. The molecule has 3 rings (SSSR count). The standard InChI is InChI=1S/C18H13F4N3O2S/c1-28(26,27)17(22)10-3-2-4-12(7-10)24-18-23-9-15(21)16(25-18)13-6-5-11(19)8-14(13)20/h2-9,17H,1H3,(H,23,24,25). The van der Waals surface area contributed by atoms with Gasteiger partial charge in [0.05, 0.1) is 6.20 Å². The molecule has 0 amide bonds. The quantitative estimate of drug-likeness (QED) is 0.634. The summed E-state index contributed by atoms with van der Waals surface area (Å²) >= 11 is 0. The predicted molar refractivity (Wildman–Crippen MR) is 95.8 cm³/mol. The molecule has 1 N–H and O–H groups in total. The van der Waals surface area contributed by atoms with Gasteiger partial charge in [-0.25, -0.2) is 35.9 Å². The van der Waals surface area contributed by atoms with E-state index in [1.54, 1.807) is 0 Å². The lowest BCUT2D eigenvalue weighted by molar-refractivity contribution is 0.434. The fourth-order valence-electron chi connectivity index (χ4n) is 2.43. The van der Waals surface area contributed by atoms with Crippen molar-refractivity contribution in [3.05, 3.63) is 71.7 Å². The Bertz CT molecular complexity index is 1140. The van der Waals surface area contributed by atoms with Crippen molar-refractivity contribution in [1.29, 1.82) is 0 Å². The second-order valence-electron chi connectivity index (χ2n) is 5.91. The molecular weight excluding hydrogens is 398 g/mol. The van der Waals surface area contributed by atoms with Gasteiger partial charge in [0.15, 0.2) is 15.7 Å². The zero-order chi connectivity index (χ0) is 20.5. The van der Waals surface area contributed by atoms with Crippen LogP contribution < -0.4 is 5.32 Å². The molecule has 0 fully saturated rings. The molecule has 28 heavy (non-hydrogen) atoms. The Morgan fingerprint density at radius 3 is 2.46 bits per heavy atom. The van der Waals surface area contributed by atoms with Crippen molar-refractivity contribution < 1.29 is 26.0 Å². The number of aromatic nitrogens is 2. The summed E-state index contributed by atoms with van der Waals surface area (Å²) in [6.45, 7) is 0. The average molecular weight is 411 g/mol. The summed E-state index contributed by atoms with van der Waals surface area (Å²) in [5.74, 6) is -2.89. The van der Waals surface area contributed by atoms with Crippen molar-refractivity contribution in [2.75, 3.05) is 11.6 Å². The summed E-state index contributed by atoms with van der Waals surface area (Å²) in [6.07, 6.45) is 1.57. The molecule has 146 valence electrons. The zero-order valence-electron chi connectivity index (χ0n) is 14.3. The first-order chi connectivity index (χ1) is 13.1. The number of anilines is 2. The van der Waals surface area contributed by atoms with Gasteiger partial charge < -0.3 is 5.32 Å². The number of alkyl halides is 1. The van der Waals surface area contributed by atoms with E-state index in [9.17, 15) is 26.0 Å². The lowest BCUT2D eigenvalue weighted by Crippen LogP contribution is -2.07. The first-order valence-electron chi connectivity index (χ1n) is 7.83. The molecule has 0 bridgehead atoms. The first kappa shape index (κ1) is 19.7. The third kappa shape index (κ3) is 4.28. The summed E-state index contributed by atoms with van der Waals surface area (Å²) in [4.78, 5) is 7.60. The Kier molecular flexibility index (Phi) is 5.32. The Balaban J connectivity index is 1.94. The minimum atomic E-state index is -3.95. The van der Waals surface area contributed by atoms with Crippen LogP contribution in [-0.2, 0) is 9.84 Å². The molecular formula is C18H13F4N3O2S. The summed E-state index contributed by atoms with van der Waals surface area (Å²) in [5, 5.41) is 2.67. The highest BCUT2D eigenvalue weighted by molar-refractivity contribution is 7.90. The van der Waals surface area contributed by atoms with Crippen LogP contribution in [0, 0.1) is 17.5 Å². The largest absolute Gasteiger partial charge is 0.324 e. The smallest absolute Gasteiger partial charge is 0.227 e. The Morgan fingerprint density at radius 1 is 1.04 bits per heavy atom. The van der Waals surface area contributed by atoms with Crippen LogP contribution in [-0.4, -0.2) is 24.6 Å². The maximum Gasteiger partial charge on any atom is 0.227 e. The van der Waals surface area contributed by atoms with Crippen LogP contribution in [0.1, 0.15) is 11.1 Å². The van der Waals surface area contributed by atoms with Crippen LogP contribution >= 0.6 is 0 Å². The van der Waals surface area contributed by atoms with E-state index >= 15 is 0 Å². The molecule has 0 aliphatic carbocycles. The minimum Gasteiger partial charge on any atom is -0.324 e. The van der Waals surface area contributed by atoms with Gasteiger partial charge >= 0.3 is 0 Å². The maximum atomic E-state index is 14.0. The average Bonchev–Trinajstić information content (AvgIpc) is 2.62. The van der Waals surface area contributed by atoms with Crippen molar-refractivity contribution in [1.82, 2.24) is 9.97 Å². The van der Waals surface area contributed by atoms with Gasteiger partial charge in [-0.2, -0.15) is 0 Å². The van der Waals surface area contributed by atoms with Crippen LogP contribution in [0.4, 0.5) is 29.2 Å². The molecule has 2 aromatic carbocycles. The molecule has 1 heterocycles. The minimum absolute atomic E-state index is 0.112. The maximum absolute atomic E-state index is 14.0. The zero-order valence-corrected chi connectivity index (χ0v) is 15.1. The van der Waals surface area contributed by atoms with Crippen molar-refractivity contribution in [3.63, 3.8) is 0 Å². The lowest BCUT2D eigenvalue weighted by Gasteiger charge is -2.11. The molecule has 0 spiro atoms. The van der Waals surface area contributed by atoms with Gasteiger partial charge in [0.25, 0.3) is 0 Å². The number of sulfone groups is 1. The fraction of sp³-hybridized carbons (Fsp3) is 0.111. The van der Waals surface area contributed by atoms with E-state index in [1.165, 1.54) is 24.3 Å². The predicted octanol–water partition coefficient (Wildman–Crippen LogP) is 4.32. The molecule has 10 heteroatoms. The van der Waals surface area contributed by atoms with Crippen molar-refractivity contribution in [3.8, 4) is 11.3 Å². The number of hydrogen-bond donors (Lipinski definition) is 1. The van der Waals surface area contributed by atoms with Crippen LogP contribution in [0.5, 0.6) is 0 Å². The normalized spacial score (nSPS) is 12.6. The van der Waals surface area contributed by atoms with Crippen LogP contribution in [0.2, 0.25) is 0 Å². The molecule has 0 aliphatic heterocycles. The monoisotopic (exact) mass is 411 g/mol. The van der Waals surface area contributed by atoms with E-state index in [0.717, 1.165) is 24.6 Å². The third-order valence-electron chi connectivity index (χ3n) is 3.71. The number of benzene rings is 2. The molecule has 0 saturated heterocycles. The molecule has 1 aromatic heterocycles. The molecule has 0 aliphatic rings. The van der Waals surface area contributed by atoms with Crippen molar-refractivity contribution in [2.24, 2.45) is 0 Å². The van der Waals surface area contributed by atoms with Crippen molar-refractivity contribution >= 4 is 21.5 Å². The molecule has 3 aromatic rings. The van der Waals surface area contributed by atoms with Gasteiger partial charge in [-0.1, -0.05) is 12.1 Å². The molecule has 1 atom stereocenters. The van der Waals surface area contributed by atoms with Gasteiger partial charge in [0, 0.05) is 29.1 Å². The molecule has 5 nitrogen and oxygen atoms in total. The van der Waals surface area contributed by atoms with E-state index in [1.807, 2.05) is 0 Å². The van der Waals surface area contributed by atoms with Crippen LogP contribution in [0.15, 0.2) is 48.7 Å².